The van der Waals surface area contributed by atoms with Crippen molar-refractivity contribution in [1.29, 1.82) is 0 Å². The standard InChI is InChI=1S/C28H27F3N4O2S/c1-17(35-14-12-27(36,13-15-35)18-6-4-3-5-7-18)24-22(16-32)38-26(34-24)20-8-10-21(37-2)25-19(20)9-11-23(33-25)28(29,30)31/h3-11,36H,1,12-16,32H2,2H3. The van der Waals surface area contributed by atoms with E-state index in [0.717, 1.165) is 16.5 Å². The third kappa shape index (κ3) is 4.75. The molecule has 4 aromatic rings. The van der Waals surface area contributed by atoms with Crippen LogP contribution in [0.25, 0.3) is 27.2 Å². The first-order valence-electron chi connectivity index (χ1n) is 12.1. The second kappa shape index (κ2) is 10.0. The summed E-state index contributed by atoms with van der Waals surface area (Å²) in [4.78, 5) is 11.6. The fraction of sp³-hybridized carbons (Fsp3) is 0.286. The first kappa shape index (κ1) is 26.1. The molecule has 5 rings (SSSR count). The molecule has 2 aromatic carbocycles. The van der Waals surface area contributed by atoms with Gasteiger partial charge in [0.2, 0.25) is 0 Å². The van der Waals surface area contributed by atoms with E-state index < -0.39 is 17.5 Å². The van der Waals surface area contributed by atoms with Gasteiger partial charge in [-0.15, -0.1) is 11.3 Å². The largest absolute Gasteiger partial charge is 0.494 e. The van der Waals surface area contributed by atoms with E-state index in [0.29, 0.717) is 53.3 Å². The minimum atomic E-state index is -4.57. The Bertz CT molecular complexity index is 1480. The summed E-state index contributed by atoms with van der Waals surface area (Å²) >= 11 is 1.38. The third-order valence-electron chi connectivity index (χ3n) is 7.00. The third-order valence-corrected chi connectivity index (χ3v) is 8.11. The number of aliphatic hydroxyl groups is 1. The summed E-state index contributed by atoms with van der Waals surface area (Å²) in [6, 6.07) is 15.4. The molecule has 38 heavy (non-hydrogen) atoms. The molecular formula is C28H27F3N4O2S. The number of likely N-dealkylation sites (tertiary alicyclic amines) is 1. The van der Waals surface area contributed by atoms with Crippen molar-refractivity contribution in [3.8, 4) is 16.3 Å². The van der Waals surface area contributed by atoms with Crippen LogP contribution in [0.15, 0.2) is 61.2 Å². The van der Waals surface area contributed by atoms with E-state index in [1.807, 2.05) is 30.3 Å². The monoisotopic (exact) mass is 540 g/mol. The summed E-state index contributed by atoms with van der Waals surface area (Å²) in [6.07, 6.45) is -3.49. The molecule has 1 fully saturated rings. The Morgan fingerprint density at radius 3 is 2.45 bits per heavy atom. The van der Waals surface area contributed by atoms with Crippen molar-refractivity contribution < 1.29 is 23.0 Å². The predicted molar refractivity (Wildman–Crippen MR) is 142 cm³/mol. The molecule has 0 bridgehead atoms. The average Bonchev–Trinajstić information content (AvgIpc) is 3.36. The van der Waals surface area contributed by atoms with Gasteiger partial charge in [-0.25, -0.2) is 9.97 Å². The van der Waals surface area contributed by atoms with E-state index >= 15 is 0 Å². The van der Waals surface area contributed by atoms with Crippen LogP contribution in [0.3, 0.4) is 0 Å². The number of hydrogen-bond donors (Lipinski definition) is 2. The zero-order valence-corrected chi connectivity index (χ0v) is 21.6. The van der Waals surface area contributed by atoms with Crippen molar-refractivity contribution in [2.24, 2.45) is 5.73 Å². The number of nitrogens with two attached hydrogens (primary N) is 1. The number of benzene rings is 2. The lowest BCUT2D eigenvalue weighted by Crippen LogP contribution is -2.41. The number of fused-ring (bicyclic) bond motifs is 1. The van der Waals surface area contributed by atoms with E-state index in [4.69, 9.17) is 15.5 Å². The minimum Gasteiger partial charge on any atom is -0.494 e. The van der Waals surface area contributed by atoms with E-state index in [2.05, 4.69) is 16.5 Å². The lowest BCUT2D eigenvalue weighted by Gasteiger charge is -2.40. The zero-order valence-electron chi connectivity index (χ0n) is 20.8. The lowest BCUT2D eigenvalue weighted by molar-refractivity contribution is -0.140. The number of ether oxygens (including phenoxy) is 1. The molecule has 0 atom stereocenters. The maximum absolute atomic E-state index is 13.3. The Kier molecular flexibility index (Phi) is 6.89. The van der Waals surface area contributed by atoms with Gasteiger partial charge < -0.3 is 20.5 Å². The number of pyridine rings is 1. The summed E-state index contributed by atoms with van der Waals surface area (Å²) < 4.78 is 45.3. The van der Waals surface area contributed by atoms with Gasteiger partial charge in [-0.1, -0.05) is 36.9 Å². The van der Waals surface area contributed by atoms with Crippen LogP contribution < -0.4 is 10.5 Å². The van der Waals surface area contributed by atoms with Crippen LogP contribution in [-0.2, 0) is 18.3 Å². The second-order valence-corrected chi connectivity index (χ2v) is 10.3. The van der Waals surface area contributed by atoms with E-state index in [1.54, 1.807) is 12.1 Å². The quantitative estimate of drug-likeness (QED) is 0.322. The number of thiazole rings is 1. The predicted octanol–water partition coefficient (Wildman–Crippen LogP) is 5.80. The Morgan fingerprint density at radius 2 is 1.82 bits per heavy atom. The van der Waals surface area contributed by atoms with E-state index in [9.17, 15) is 18.3 Å². The highest BCUT2D eigenvalue weighted by Gasteiger charge is 2.35. The van der Waals surface area contributed by atoms with Crippen molar-refractivity contribution in [2.45, 2.75) is 31.2 Å². The molecule has 2 aromatic heterocycles. The van der Waals surface area contributed by atoms with Crippen LogP contribution in [-0.4, -0.2) is 40.2 Å². The maximum Gasteiger partial charge on any atom is 0.433 e. The molecule has 0 spiro atoms. The average molecular weight is 541 g/mol. The van der Waals surface area contributed by atoms with Gasteiger partial charge in [0.15, 0.2) is 0 Å². The second-order valence-electron chi connectivity index (χ2n) is 9.23. The molecule has 198 valence electrons. The molecule has 0 amide bonds. The SMILES string of the molecule is C=C(c1nc(-c2ccc(OC)c3nc(C(F)(F)F)ccc23)sc1CN)N1CCC(O)(c2ccccc2)CC1. The van der Waals surface area contributed by atoms with Crippen molar-refractivity contribution >= 4 is 27.9 Å². The molecule has 1 aliphatic rings. The molecule has 0 unspecified atom stereocenters. The number of methoxy groups -OCH3 is 1. The lowest BCUT2D eigenvalue weighted by atomic mass is 9.84. The molecule has 0 saturated carbocycles. The Hall–Kier alpha value is -3.47. The number of piperidine rings is 1. The highest BCUT2D eigenvalue weighted by Crippen LogP contribution is 2.41. The van der Waals surface area contributed by atoms with Gasteiger partial charge in [0.1, 0.15) is 27.7 Å². The molecular weight excluding hydrogens is 513 g/mol. The highest BCUT2D eigenvalue weighted by molar-refractivity contribution is 7.15. The van der Waals surface area contributed by atoms with Gasteiger partial charge in [0.05, 0.1) is 18.4 Å². The number of hydrogen-bond acceptors (Lipinski definition) is 7. The molecule has 1 aliphatic heterocycles. The molecule has 3 N–H and O–H groups in total. The molecule has 1 saturated heterocycles. The molecule has 3 heterocycles. The number of nitrogens with zero attached hydrogens (tertiary/aromatic N) is 3. The first-order valence-corrected chi connectivity index (χ1v) is 12.9. The Labute approximate surface area is 222 Å². The summed E-state index contributed by atoms with van der Waals surface area (Å²) in [5.41, 5.74) is 7.19. The van der Waals surface area contributed by atoms with Gasteiger partial charge >= 0.3 is 6.18 Å². The maximum atomic E-state index is 13.3. The van der Waals surface area contributed by atoms with Crippen LogP contribution in [0.4, 0.5) is 13.2 Å². The van der Waals surface area contributed by atoms with Gasteiger partial charge in [-0.2, -0.15) is 13.2 Å². The number of aromatic nitrogens is 2. The molecule has 6 nitrogen and oxygen atoms in total. The molecule has 10 heteroatoms. The first-order chi connectivity index (χ1) is 18.1. The van der Waals surface area contributed by atoms with Crippen LogP contribution in [0, 0.1) is 0 Å². The van der Waals surface area contributed by atoms with E-state index in [1.165, 1.54) is 24.5 Å². The smallest absolute Gasteiger partial charge is 0.433 e. The van der Waals surface area contributed by atoms with Crippen LogP contribution in [0.1, 0.15) is 34.7 Å². The molecule has 0 radical (unpaired) electrons. The fourth-order valence-corrected chi connectivity index (χ4v) is 5.87. The highest BCUT2D eigenvalue weighted by atomic mass is 32.1. The van der Waals surface area contributed by atoms with Crippen molar-refractivity contribution in [3.63, 3.8) is 0 Å². The summed E-state index contributed by atoms with van der Waals surface area (Å²) in [6.45, 7) is 5.71. The van der Waals surface area contributed by atoms with Crippen LogP contribution in [0.5, 0.6) is 5.75 Å². The Morgan fingerprint density at radius 1 is 1.11 bits per heavy atom. The van der Waals surface area contributed by atoms with Crippen LogP contribution >= 0.6 is 11.3 Å². The van der Waals surface area contributed by atoms with Gasteiger partial charge in [-0.05, 0) is 42.7 Å². The van der Waals surface area contributed by atoms with E-state index in [-0.39, 0.29) is 17.8 Å². The number of halogens is 3. The molecule has 0 aliphatic carbocycles. The summed E-state index contributed by atoms with van der Waals surface area (Å²) in [7, 11) is 1.39. The van der Waals surface area contributed by atoms with Gasteiger partial charge in [-0.3, -0.25) is 0 Å². The number of alkyl halides is 3. The summed E-state index contributed by atoms with van der Waals surface area (Å²) in [5, 5.41) is 12.3. The minimum absolute atomic E-state index is 0.112. The van der Waals surface area contributed by atoms with Crippen molar-refractivity contribution in [1.82, 2.24) is 14.9 Å². The van der Waals surface area contributed by atoms with Crippen molar-refractivity contribution in [3.05, 3.63) is 83.0 Å². The normalized spacial score (nSPS) is 15.6. The summed E-state index contributed by atoms with van der Waals surface area (Å²) in [5.74, 6) is 0.245. The number of rotatable bonds is 6. The fourth-order valence-electron chi connectivity index (χ4n) is 4.87. The van der Waals surface area contributed by atoms with Gasteiger partial charge in [0.25, 0.3) is 0 Å². The van der Waals surface area contributed by atoms with Crippen molar-refractivity contribution in [2.75, 3.05) is 20.2 Å². The Balaban J connectivity index is 1.46. The zero-order chi connectivity index (χ0) is 27.1. The van der Waals surface area contributed by atoms with Crippen LogP contribution in [0.2, 0.25) is 0 Å². The van der Waals surface area contributed by atoms with Gasteiger partial charge in [0, 0.05) is 35.5 Å². The topological polar surface area (TPSA) is 84.5 Å².